The summed E-state index contributed by atoms with van der Waals surface area (Å²) in [6.07, 6.45) is 1.27. The highest BCUT2D eigenvalue weighted by Gasteiger charge is 2.20. The van der Waals surface area contributed by atoms with Crippen molar-refractivity contribution < 1.29 is 19.4 Å². The van der Waals surface area contributed by atoms with Gasteiger partial charge in [0.15, 0.2) is 6.04 Å². The van der Waals surface area contributed by atoms with Crippen molar-refractivity contribution in [1.29, 1.82) is 0 Å². The Morgan fingerprint density at radius 3 is 2.76 bits per heavy atom. The number of hydrogen-bond donors (Lipinski definition) is 2. The quantitative estimate of drug-likeness (QED) is 0.754. The van der Waals surface area contributed by atoms with Gasteiger partial charge in [-0.1, -0.05) is 11.6 Å². The minimum atomic E-state index is -1.16. The van der Waals surface area contributed by atoms with E-state index in [9.17, 15) is 9.59 Å². The van der Waals surface area contributed by atoms with Crippen LogP contribution in [0.1, 0.15) is 10.4 Å². The predicted molar refractivity (Wildman–Crippen MR) is 60.0 cm³/mol. The molecule has 0 aliphatic carbocycles. The van der Waals surface area contributed by atoms with E-state index < -0.39 is 17.9 Å². The summed E-state index contributed by atoms with van der Waals surface area (Å²) in [4.78, 5) is 26.1. The van der Waals surface area contributed by atoms with Gasteiger partial charge in [-0.05, 0) is 12.1 Å². The number of carboxylic acid groups (broad SMARTS) is 1. The van der Waals surface area contributed by atoms with Gasteiger partial charge in [0, 0.05) is 13.3 Å². The van der Waals surface area contributed by atoms with Crippen LogP contribution in [-0.2, 0) is 9.53 Å². The van der Waals surface area contributed by atoms with Crippen LogP contribution in [0.3, 0.4) is 0 Å². The molecule has 0 aliphatic rings. The van der Waals surface area contributed by atoms with Gasteiger partial charge in [0.1, 0.15) is 5.15 Å². The zero-order valence-corrected chi connectivity index (χ0v) is 9.77. The Labute approximate surface area is 103 Å². The van der Waals surface area contributed by atoms with E-state index in [1.165, 1.54) is 25.4 Å². The summed E-state index contributed by atoms with van der Waals surface area (Å²) in [6.45, 7) is -0.109. The lowest BCUT2D eigenvalue weighted by Crippen LogP contribution is -2.43. The minimum absolute atomic E-state index is 0.109. The van der Waals surface area contributed by atoms with Crippen LogP contribution in [0.4, 0.5) is 0 Å². The van der Waals surface area contributed by atoms with E-state index in [0.717, 1.165) is 0 Å². The summed E-state index contributed by atoms with van der Waals surface area (Å²) in [5.41, 5.74) is 0.233. The molecule has 1 amide bonds. The lowest BCUT2D eigenvalue weighted by atomic mass is 10.2. The molecule has 0 saturated carbocycles. The molecule has 0 spiro atoms. The van der Waals surface area contributed by atoms with Crippen LogP contribution in [0.25, 0.3) is 0 Å². The Balaban J connectivity index is 2.70. The van der Waals surface area contributed by atoms with Crippen molar-refractivity contribution in [2.45, 2.75) is 6.04 Å². The molecule has 0 bridgehead atoms. The van der Waals surface area contributed by atoms with E-state index in [4.69, 9.17) is 16.7 Å². The molecule has 0 radical (unpaired) electrons. The highest BCUT2D eigenvalue weighted by molar-refractivity contribution is 6.29. The van der Waals surface area contributed by atoms with E-state index in [2.05, 4.69) is 15.0 Å². The zero-order valence-electron chi connectivity index (χ0n) is 9.01. The number of halogens is 1. The normalized spacial score (nSPS) is 11.9. The Morgan fingerprint density at radius 2 is 2.29 bits per heavy atom. The molecular weight excluding hydrogens is 248 g/mol. The summed E-state index contributed by atoms with van der Waals surface area (Å²) < 4.78 is 4.69. The first-order valence-electron chi connectivity index (χ1n) is 4.68. The maximum absolute atomic E-state index is 11.6. The molecule has 6 nitrogen and oxygen atoms in total. The van der Waals surface area contributed by atoms with Crippen molar-refractivity contribution in [3.8, 4) is 0 Å². The number of carbonyl (C=O) groups is 2. The zero-order chi connectivity index (χ0) is 12.8. The molecule has 0 aliphatic heterocycles. The number of nitrogens with zero attached hydrogens (tertiary/aromatic N) is 1. The van der Waals surface area contributed by atoms with Gasteiger partial charge < -0.3 is 15.2 Å². The fraction of sp³-hybridized carbons (Fsp3) is 0.300. The number of pyridine rings is 1. The van der Waals surface area contributed by atoms with Crippen LogP contribution in [0, 0.1) is 0 Å². The summed E-state index contributed by atoms with van der Waals surface area (Å²) in [7, 11) is 1.35. The molecule has 1 heterocycles. The number of rotatable bonds is 5. The smallest absolute Gasteiger partial charge is 0.328 e. The molecule has 92 valence electrons. The first kappa shape index (κ1) is 13.4. The Morgan fingerprint density at radius 1 is 1.59 bits per heavy atom. The largest absolute Gasteiger partial charge is 0.480 e. The van der Waals surface area contributed by atoms with E-state index in [1.54, 1.807) is 0 Å². The lowest BCUT2D eigenvalue weighted by molar-refractivity contribution is -0.140. The highest BCUT2D eigenvalue weighted by atomic mass is 35.5. The maximum Gasteiger partial charge on any atom is 0.328 e. The maximum atomic E-state index is 11.6. The monoisotopic (exact) mass is 258 g/mol. The van der Waals surface area contributed by atoms with Crippen molar-refractivity contribution in [1.82, 2.24) is 10.3 Å². The molecule has 2 N–H and O–H groups in total. The third-order valence-electron chi connectivity index (χ3n) is 1.93. The molecule has 1 rings (SSSR count). The molecule has 0 fully saturated rings. The third-order valence-corrected chi connectivity index (χ3v) is 2.15. The van der Waals surface area contributed by atoms with Crippen LogP contribution in [0.15, 0.2) is 18.3 Å². The molecule has 17 heavy (non-hydrogen) atoms. The van der Waals surface area contributed by atoms with Gasteiger partial charge in [0.2, 0.25) is 0 Å². The first-order chi connectivity index (χ1) is 8.04. The summed E-state index contributed by atoms with van der Waals surface area (Å²) >= 11 is 5.57. The van der Waals surface area contributed by atoms with Gasteiger partial charge >= 0.3 is 5.97 Å². The van der Waals surface area contributed by atoms with Gasteiger partial charge in [-0.25, -0.2) is 9.78 Å². The summed E-state index contributed by atoms with van der Waals surface area (Å²) in [5.74, 6) is -1.71. The molecule has 7 heteroatoms. The van der Waals surface area contributed by atoms with Crippen molar-refractivity contribution in [2.75, 3.05) is 13.7 Å². The Kier molecular flexibility index (Phi) is 4.86. The van der Waals surface area contributed by atoms with E-state index in [1.807, 2.05) is 0 Å². The number of ether oxygens (including phenoxy) is 1. The number of carbonyl (C=O) groups excluding carboxylic acids is 1. The van der Waals surface area contributed by atoms with E-state index in [-0.39, 0.29) is 17.3 Å². The van der Waals surface area contributed by atoms with E-state index in [0.29, 0.717) is 0 Å². The van der Waals surface area contributed by atoms with Gasteiger partial charge in [-0.3, -0.25) is 4.79 Å². The standard InChI is InChI=1S/C10H11ClN2O4/c1-17-5-7(10(15)16)13-9(14)6-2-3-8(11)12-4-6/h2-4,7H,5H2,1H3,(H,13,14)(H,15,16). The van der Waals surface area contributed by atoms with Crippen LogP contribution in [0.2, 0.25) is 5.15 Å². The second-order valence-corrected chi connectivity index (χ2v) is 3.58. The number of carboxylic acids is 1. The number of aromatic nitrogens is 1. The number of hydrogen-bond acceptors (Lipinski definition) is 4. The summed E-state index contributed by atoms with van der Waals surface area (Å²) in [5, 5.41) is 11.4. The van der Waals surface area contributed by atoms with Crippen LogP contribution < -0.4 is 5.32 Å². The Bertz CT molecular complexity index is 407. The van der Waals surface area contributed by atoms with Crippen molar-refractivity contribution >= 4 is 23.5 Å². The number of nitrogens with one attached hydrogen (secondary N) is 1. The second-order valence-electron chi connectivity index (χ2n) is 3.19. The number of amides is 1. The van der Waals surface area contributed by atoms with Crippen molar-refractivity contribution in [2.24, 2.45) is 0 Å². The SMILES string of the molecule is COCC(NC(=O)c1ccc(Cl)nc1)C(=O)O. The molecule has 1 aromatic rings. The van der Waals surface area contributed by atoms with Gasteiger partial charge in [0.05, 0.1) is 12.2 Å². The fourth-order valence-electron chi connectivity index (χ4n) is 1.09. The van der Waals surface area contributed by atoms with Crippen LogP contribution in [0.5, 0.6) is 0 Å². The highest BCUT2D eigenvalue weighted by Crippen LogP contribution is 2.05. The van der Waals surface area contributed by atoms with Crippen molar-refractivity contribution in [3.05, 3.63) is 29.0 Å². The summed E-state index contributed by atoms with van der Waals surface area (Å²) in [6, 6.07) is 1.81. The molecule has 0 saturated heterocycles. The second kappa shape index (κ2) is 6.17. The average Bonchev–Trinajstić information content (AvgIpc) is 2.29. The van der Waals surface area contributed by atoms with Gasteiger partial charge in [-0.2, -0.15) is 0 Å². The average molecular weight is 259 g/mol. The predicted octanol–water partition coefficient (Wildman–Crippen LogP) is 0.564. The van der Waals surface area contributed by atoms with Crippen LogP contribution in [-0.4, -0.2) is 41.7 Å². The molecule has 1 aromatic heterocycles. The third kappa shape index (κ3) is 4.01. The topological polar surface area (TPSA) is 88.5 Å². The number of methoxy groups -OCH3 is 1. The van der Waals surface area contributed by atoms with E-state index >= 15 is 0 Å². The minimum Gasteiger partial charge on any atom is -0.480 e. The molecule has 0 aromatic carbocycles. The van der Waals surface area contributed by atoms with Gasteiger partial charge in [0.25, 0.3) is 5.91 Å². The Hall–Kier alpha value is -1.66. The molecule has 1 atom stereocenters. The van der Waals surface area contributed by atoms with Gasteiger partial charge in [-0.15, -0.1) is 0 Å². The fourth-order valence-corrected chi connectivity index (χ4v) is 1.20. The molecular formula is C10H11ClN2O4. The van der Waals surface area contributed by atoms with Crippen LogP contribution >= 0.6 is 11.6 Å². The molecule has 1 unspecified atom stereocenters. The number of aliphatic carboxylic acids is 1. The lowest BCUT2D eigenvalue weighted by Gasteiger charge is -2.13. The van der Waals surface area contributed by atoms with Crippen molar-refractivity contribution in [3.63, 3.8) is 0 Å². The first-order valence-corrected chi connectivity index (χ1v) is 5.06.